The molecular formula is C19H21ClN2O3S. The van der Waals surface area contributed by atoms with Crippen molar-refractivity contribution in [2.75, 3.05) is 18.9 Å². The number of halogens is 1. The number of carbonyl (C=O) groups excluding carboxylic acids is 3. The van der Waals surface area contributed by atoms with Crippen molar-refractivity contribution in [1.82, 2.24) is 4.90 Å². The number of hydrogen-bond donors (Lipinski definition) is 1. The number of aryl methyl sites for hydroxylation is 1. The number of carbonyl (C=O) groups is 3. The summed E-state index contributed by atoms with van der Waals surface area (Å²) < 4.78 is 0.542. The standard InChI is InChI=1S/C19H21ClN2O3S/c1-12-5-4-6-14(13(12)2)21-18(24)11-22(3)19(25)10-7-15(23)16-8-9-17(20)26-16/h4-6,8-9H,7,10-11H2,1-3H3,(H,21,24). The van der Waals surface area contributed by atoms with Gasteiger partial charge in [-0.15, -0.1) is 11.3 Å². The van der Waals surface area contributed by atoms with Crippen LogP contribution in [0.25, 0.3) is 0 Å². The predicted molar refractivity (Wildman–Crippen MR) is 105 cm³/mol. The molecule has 0 saturated carbocycles. The smallest absolute Gasteiger partial charge is 0.243 e. The van der Waals surface area contributed by atoms with Crippen LogP contribution >= 0.6 is 22.9 Å². The lowest BCUT2D eigenvalue weighted by Gasteiger charge is -2.17. The molecule has 0 fully saturated rings. The highest BCUT2D eigenvalue weighted by atomic mass is 35.5. The SMILES string of the molecule is Cc1cccc(NC(=O)CN(C)C(=O)CCC(=O)c2ccc(Cl)s2)c1C. The van der Waals surface area contributed by atoms with Crippen molar-refractivity contribution in [1.29, 1.82) is 0 Å². The first kappa shape index (κ1) is 20.1. The van der Waals surface area contributed by atoms with Crippen LogP contribution in [0.4, 0.5) is 5.69 Å². The normalized spacial score (nSPS) is 10.5. The molecule has 2 amide bonds. The number of benzene rings is 1. The highest BCUT2D eigenvalue weighted by Gasteiger charge is 2.16. The third-order valence-corrected chi connectivity index (χ3v) is 5.37. The van der Waals surface area contributed by atoms with Crippen molar-refractivity contribution in [3.05, 3.63) is 50.7 Å². The molecule has 0 aliphatic heterocycles. The third kappa shape index (κ3) is 5.41. The zero-order valence-corrected chi connectivity index (χ0v) is 16.5. The second-order valence-electron chi connectivity index (χ2n) is 6.07. The highest BCUT2D eigenvalue weighted by Crippen LogP contribution is 2.23. The first-order valence-corrected chi connectivity index (χ1v) is 9.36. The molecular weight excluding hydrogens is 372 g/mol. The van der Waals surface area contributed by atoms with Gasteiger partial charge in [-0.2, -0.15) is 0 Å². The molecule has 2 aromatic rings. The molecule has 1 N–H and O–H groups in total. The van der Waals surface area contributed by atoms with Crippen LogP contribution in [-0.4, -0.2) is 36.1 Å². The van der Waals surface area contributed by atoms with Crippen molar-refractivity contribution < 1.29 is 14.4 Å². The average molecular weight is 393 g/mol. The Labute approximate surface area is 162 Å². The third-order valence-electron chi connectivity index (χ3n) is 4.10. The fraction of sp³-hybridized carbons (Fsp3) is 0.316. The van der Waals surface area contributed by atoms with Crippen LogP contribution in [-0.2, 0) is 9.59 Å². The fourth-order valence-corrected chi connectivity index (χ4v) is 3.39. The van der Waals surface area contributed by atoms with E-state index in [1.807, 2.05) is 32.0 Å². The lowest BCUT2D eigenvalue weighted by atomic mass is 10.1. The lowest BCUT2D eigenvalue weighted by Crippen LogP contribution is -2.35. The molecule has 0 spiro atoms. The molecule has 5 nitrogen and oxygen atoms in total. The van der Waals surface area contributed by atoms with E-state index in [1.54, 1.807) is 19.2 Å². The number of rotatable bonds is 7. The summed E-state index contributed by atoms with van der Waals surface area (Å²) in [6.07, 6.45) is 0.153. The Hall–Kier alpha value is -2.18. The zero-order chi connectivity index (χ0) is 19.3. The molecule has 0 atom stereocenters. The van der Waals surface area contributed by atoms with E-state index in [2.05, 4.69) is 5.32 Å². The van der Waals surface area contributed by atoms with E-state index in [1.165, 1.54) is 16.2 Å². The number of hydrogen-bond acceptors (Lipinski definition) is 4. The first-order chi connectivity index (χ1) is 12.3. The molecule has 1 aromatic carbocycles. The molecule has 0 aliphatic carbocycles. The summed E-state index contributed by atoms with van der Waals surface area (Å²) in [7, 11) is 1.55. The van der Waals surface area contributed by atoms with Crippen molar-refractivity contribution in [2.45, 2.75) is 26.7 Å². The van der Waals surface area contributed by atoms with Crippen LogP contribution in [0.1, 0.15) is 33.6 Å². The Kier molecular flexibility index (Phi) is 6.94. The molecule has 0 bridgehead atoms. The average Bonchev–Trinajstić information content (AvgIpc) is 3.03. The fourth-order valence-electron chi connectivity index (χ4n) is 2.38. The van der Waals surface area contributed by atoms with E-state index < -0.39 is 0 Å². The van der Waals surface area contributed by atoms with Crippen LogP contribution in [0.5, 0.6) is 0 Å². The van der Waals surface area contributed by atoms with E-state index in [9.17, 15) is 14.4 Å². The van der Waals surface area contributed by atoms with E-state index in [-0.39, 0.29) is 37.0 Å². The number of Topliss-reactive ketones (excluding diaryl/α,β-unsaturated/α-hetero) is 1. The molecule has 138 valence electrons. The molecule has 26 heavy (non-hydrogen) atoms. The van der Waals surface area contributed by atoms with Gasteiger partial charge in [-0.1, -0.05) is 23.7 Å². The van der Waals surface area contributed by atoms with E-state index in [4.69, 9.17) is 11.6 Å². The van der Waals surface area contributed by atoms with Crippen LogP contribution < -0.4 is 5.32 Å². The number of ketones is 1. The van der Waals surface area contributed by atoms with Gasteiger partial charge in [0.1, 0.15) is 0 Å². The van der Waals surface area contributed by atoms with Gasteiger partial charge in [-0.05, 0) is 43.2 Å². The van der Waals surface area contributed by atoms with E-state index in [0.29, 0.717) is 9.21 Å². The van der Waals surface area contributed by atoms with Gasteiger partial charge < -0.3 is 10.2 Å². The number of thiophene rings is 1. The summed E-state index contributed by atoms with van der Waals surface area (Å²) in [5, 5.41) is 2.82. The summed E-state index contributed by atoms with van der Waals surface area (Å²) in [5.41, 5.74) is 2.81. The van der Waals surface area contributed by atoms with Crippen LogP contribution in [0.2, 0.25) is 4.34 Å². The minimum atomic E-state index is -0.272. The second-order valence-corrected chi connectivity index (χ2v) is 7.79. The van der Waals surface area contributed by atoms with Crippen molar-refractivity contribution in [2.24, 2.45) is 0 Å². The van der Waals surface area contributed by atoms with Crippen molar-refractivity contribution in [3.8, 4) is 0 Å². The summed E-state index contributed by atoms with van der Waals surface area (Å²) >= 11 is 7.01. The Bertz CT molecular complexity index is 832. The number of nitrogens with zero attached hydrogens (tertiary/aromatic N) is 1. The van der Waals surface area contributed by atoms with E-state index >= 15 is 0 Å². The van der Waals surface area contributed by atoms with Gasteiger partial charge in [-0.3, -0.25) is 14.4 Å². The van der Waals surface area contributed by atoms with Crippen molar-refractivity contribution in [3.63, 3.8) is 0 Å². The molecule has 1 aromatic heterocycles. The molecule has 1 heterocycles. The van der Waals surface area contributed by atoms with Gasteiger partial charge in [0, 0.05) is 25.6 Å². The largest absolute Gasteiger partial charge is 0.336 e. The summed E-state index contributed by atoms with van der Waals surface area (Å²) in [5.74, 6) is -0.647. The van der Waals surface area contributed by atoms with Gasteiger partial charge in [-0.25, -0.2) is 0 Å². The van der Waals surface area contributed by atoms with Crippen LogP contribution in [0.3, 0.4) is 0 Å². The maximum atomic E-state index is 12.2. The minimum absolute atomic E-state index is 0.0571. The lowest BCUT2D eigenvalue weighted by molar-refractivity contribution is -0.133. The number of likely N-dealkylation sites (N-methyl/N-ethyl adjacent to an activating group) is 1. The molecule has 2 rings (SSSR count). The zero-order valence-electron chi connectivity index (χ0n) is 15.0. The molecule has 0 radical (unpaired) electrons. The van der Waals surface area contributed by atoms with Gasteiger partial charge >= 0.3 is 0 Å². The Morgan fingerprint density at radius 1 is 1.12 bits per heavy atom. The maximum Gasteiger partial charge on any atom is 0.243 e. The van der Waals surface area contributed by atoms with Crippen LogP contribution in [0, 0.1) is 13.8 Å². The molecule has 0 aliphatic rings. The Morgan fingerprint density at radius 3 is 2.50 bits per heavy atom. The second kappa shape index (κ2) is 8.96. The first-order valence-electron chi connectivity index (χ1n) is 8.16. The summed E-state index contributed by atoms with van der Waals surface area (Å²) in [6.45, 7) is 3.84. The maximum absolute atomic E-state index is 12.2. The van der Waals surface area contributed by atoms with Crippen molar-refractivity contribution >= 4 is 46.2 Å². The number of anilines is 1. The quantitative estimate of drug-likeness (QED) is 0.722. The number of amides is 2. The summed E-state index contributed by atoms with van der Waals surface area (Å²) in [6, 6.07) is 8.98. The van der Waals surface area contributed by atoms with Gasteiger partial charge in [0.05, 0.1) is 15.8 Å². The van der Waals surface area contributed by atoms with Crippen LogP contribution in [0.15, 0.2) is 30.3 Å². The van der Waals surface area contributed by atoms with Gasteiger partial charge in [0.25, 0.3) is 0 Å². The Morgan fingerprint density at radius 2 is 1.85 bits per heavy atom. The van der Waals surface area contributed by atoms with Gasteiger partial charge in [0.15, 0.2) is 5.78 Å². The molecule has 0 unspecified atom stereocenters. The Balaban J connectivity index is 1.83. The topological polar surface area (TPSA) is 66.5 Å². The van der Waals surface area contributed by atoms with Gasteiger partial charge in [0.2, 0.25) is 11.8 Å². The minimum Gasteiger partial charge on any atom is -0.336 e. The highest BCUT2D eigenvalue weighted by molar-refractivity contribution is 7.18. The molecule has 0 saturated heterocycles. The molecule has 7 heteroatoms. The van der Waals surface area contributed by atoms with E-state index in [0.717, 1.165) is 16.8 Å². The monoisotopic (exact) mass is 392 g/mol. The predicted octanol–water partition coefficient (Wildman–Crippen LogP) is 4.08. The number of nitrogens with one attached hydrogen (secondary N) is 1. The summed E-state index contributed by atoms with van der Waals surface area (Å²) in [4.78, 5) is 38.2.